The summed E-state index contributed by atoms with van der Waals surface area (Å²) >= 11 is 0. The van der Waals surface area contributed by atoms with Gasteiger partial charge in [0.1, 0.15) is 15.9 Å². The highest BCUT2D eigenvalue weighted by molar-refractivity contribution is 7.90. The number of rotatable bonds is 6. The monoisotopic (exact) mass is 318 g/mol. The molecule has 6 nitrogen and oxygen atoms in total. The molecule has 0 aliphatic carbocycles. The Morgan fingerprint density at radius 1 is 1.33 bits per heavy atom. The van der Waals surface area contributed by atoms with Crippen molar-refractivity contribution in [3.8, 4) is 0 Å². The summed E-state index contributed by atoms with van der Waals surface area (Å²) in [6.45, 7) is 6.20. The van der Waals surface area contributed by atoms with Crippen molar-refractivity contribution in [2.75, 3.05) is 18.6 Å². The largest absolute Gasteiger partial charge is 0.344 e. The summed E-state index contributed by atoms with van der Waals surface area (Å²) in [6, 6.07) is -0.699. The number of hydrogen-bond acceptors (Lipinski definition) is 4. The summed E-state index contributed by atoms with van der Waals surface area (Å²) in [4.78, 5) is 26.0. The lowest BCUT2D eigenvalue weighted by molar-refractivity contribution is -0.135. The number of sulfone groups is 1. The lowest BCUT2D eigenvalue weighted by Crippen LogP contribution is -2.47. The van der Waals surface area contributed by atoms with Gasteiger partial charge in [0, 0.05) is 25.3 Å². The van der Waals surface area contributed by atoms with Crippen LogP contribution in [0, 0.1) is 5.92 Å². The minimum atomic E-state index is -3.03. The predicted molar refractivity (Wildman–Crippen MR) is 81.5 cm³/mol. The first-order valence-corrected chi connectivity index (χ1v) is 9.43. The number of carbonyl (C=O) groups is 2. The van der Waals surface area contributed by atoms with E-state index in [1.54, 1.807) is 4.90 Å². The van der Waals surface area contributed by atoms with Crippen LogP contribution < -0.4 is 5.32 Å². The normalized spacial score (nSPS) is 24.1. The number of nitrogens with one attached hydrogen (secondary N) is 1. The van der Waals surface area contributed by atoms with Gasteiger partial charge in [-0.3, -0.25) is 9.59 Å². The van der Waals surface area contributed by atoms with E-state index in [0.717, 1.165) is 0 Å². The highest BCUT2D eigenvalue weighted by Crippen LogP contribution is 2.16. The number of hydrogen-bond donors (Lipinski definition) is 1. The molecule has 1 fully saturated rings. The predicted octanol–water partition coefficient (Wildman–Crippen LogP) is 0.573. The van der Waals surface area contributed by atoms with E-state index in [0.29, 0.717) is 25.3 Å². The topological polar surface area (TPSA) is 83.6 Å². The fraction of sp³-hybridized carbons (Fsp3) is 0.857. The van der Waals surface area contributed by atoms with Crippen molar-refractivity contribution in [2.45, 2.75) is 52.1 Å². The lowest BCUT2D eigenvalue weighted by atomic mass is 10.0. The zero-order valence-electron chi connectivity index (χ0n) is 13.3. The van der Waals surface area contributed by atoms with Gasteiger partial charge in [0.2, 0.25) is 11.8 Å². The summed E-state index contributed by atoms with van der Waals surface area (Å²) in [5.74, 6) is 0.132. The van der Waals surface area contributed by atoms with Crippen molar-refractivity contribution in [1.82, 2.24) is 10.2 Å². The lowest BCUT2D eigenvalue weighted by Gasteiger charge is -2.29. The first-order chi connectivity index (χ1) is 9.60. The molecule has 2 atom stereocenters. The first kappa shape index (κ1) is 17.9. The Hall–Kier alpha value is -1.11. The molecule has 2 unspecified atom stereocenters. The fourth-order valence-corrected chi connectivity index (χ4v) is 3.22. The van der Waals surface area contributed by atoms with Gasteiger partial charge in [0.25, 0.3) is 0 Å². The van der Waals surface area contributed by atoms with Gasteiger partial charge in [-0.1, -0.05) is 13.8 Å². The Labute approximate surface area is 127 Å². The van der Waals surface area contributed by atoms with Crippen LogP contribution >= 0.6 is 0 Å². The molecular weight excluding hydrogens is 292 g/mol. The third-order valence-electron chi connectivity index (χ3n) is 3.55. The van der Waals surface area contributed by atoms with Crippen LogP contribution in [0.3, 0.4) is 0 Å². The summed E-state index contributed by atoms with van der Waals surface area (Å²) in [5, 5.41) is 2.78. The van der Waals surface area contributed by atoms with Crippen molar-refractivity contribution >= 4 is 21.7 Å². The highest BCUT2D eigenvalue weighted by atomic mass is 32.2. The zero-order chi connectivity index (χ0) is 16.2. The van der Waals surface area contributed by atoms with E-state index >= 15 is 0 Å². The van der Waals surface area contributed by atoms with Crippen molar-refractivity contribution < 1.29 is 18.0 Å². The Balaban J connectivity index is 2.77. The molecule has 0 radical (unpaired) electrons. The van der Waals surface area contributed by atoms with Crippen molar-refractivity contribution in [1.29, 1.82) is 0 Å². The van der Waals surface area contributed by atoms with E-state index in [9.17, 15) is 18.0 Å². The third kappa shape index (κ3) is 6.03. The Kier molecular flexibility index (Phi) is 6.19. The maximum absolute atomic E-state index is 12.6. The molecule has 122 valence electrons. The van der Waals surface area contributed by atoms with E-state index in [2.05, 4.69) is 5.32 Å². The summed E-state index contributed by atoms with van der Waals surface area (Å²) in [5.41, 5.74) is 0. The van der Waals surface area contributed by atoms with Gasteiger partial charge < -0.3 is 10.2 Å². The second-order valence-electron chi connectivity index (χ2n) is 6.32. The van der Waals surface area contributed by atoms with E-state index in [-0.39, 0.29) is 30.0 Å². The molecule has 1 heterocycles. The average molecular weight is 318 g/mol. The van der Waals surface area contributed by atoms with Gasteiger partial charge in [-0.15, -0.1) is 0 Å². The van der Waals surface area contributed by atoms with Crippen LogP contribution in [-0.4, -0.2) is 55.8 Å². The smallest absolute Gasteiger partial charge is 0.245 e. The quantitative estimate of drug-likeness (QED) is 0.776. The molecule has 1 N–H and O–H groups in total. The SMILES string of the molecule is CC(C)CC1NC(=O)CC(C)N(CCCS(C)(=O)=O)C1=O. The van der Waals surface area contributed by atoms with Gasteiger partial charge in [-0.05, 0) is 25.7 Å². The van der Waals surface area contributed by atoms with E-state index in [4.69, 9.17) is 0 Å². The van der Waals surface area contributed by atoms with Crippen LogP contribution in [0.1, 0.15) is 40.0 Å². The molecule has 1 rings (SSSR count). The third-order valence-corrected chi connectivity index (χ3v) is 4.58. The molecule has 0 aromatic heterocycles. The number of carbonyl (C=O) groups excluding carboxylic acids is 2. The van der Waals surface area contributed by atoms with Crippen molar-refractivity contribution in [3.05, 3.63) is 0 Å². The van der Waals surface area contributed by atoms with Crippen molar-refractivity contribution in [3.63, 3.8) is 0 Å². The molecule has 0 aromatic rings. The maximum Gasteiger partial charge on any atom is 0.245 e. The molecule has 0 bridgehead atoms. The van der Waals surface area contributed by atoms with Crippen LogP contribution in [0.5, 0.6) is 0 Å². The van der Waals surface area contributed by atoms with Crippen LogP contribution in [0.15, 0.2) is 0 Å². The maximum atomic E-state index is 12.6. The van der Waals surface area contributed by atoms with Crippen LogP contribution in [0.4, 0.5) is 0 Å². The summed E-state index contributed by atoms with van der Waals surface area (Å²) in [7, 11) is -3.03. The molecule has 0 spiro atoms. The van der Waals surface area contributed by atoms with Gasteiger partial charge >= 0.3 is 0 Å². The van der Waals surface area contributed by atoms with Gasteiger partial charge in [0.05, 0.1) is 5.75 Å². The van der Waals surface area contributed by atoms with Crippen LogP contribution in [0.25, 0.3) is 0 Å². The number of amides is 2. The molecule has 1 aliphatic rings. The molecule has 7 heteroatoms. The van der Waals surface area contributed by atoms with E-state index in [1.807, 2.05) is 20.8 Å². The van der Waals surface area contributed by atoms with Gasteiger partial charge in [-0.2, -0.15) is 0 Å². The minimum Gasteiger partial charge on any atom is -0.344 e. The Morgan fingerprint density at radius 2 is 1.95 bits per heavy atom. The summed E-state index contributed by atoms with van der Waals surface area (Å²) < 4.78 is 22.4. The molecule has 1 saturated heterocycles. The van der Waals surface area contributed by atoms with Crippen LogP contribution in [0.2, 0.25) is 0 Å². The highest BCUT2D eigenvalue weighted by Gasteiger charge is 2.33. The van der Waals surface area contributed by atoms with Crippen LogP contribution in [-0.2, 0) is 19.4 Å². The fourth-order valence-electron chi connectivity index (χ4n) is 2.57. The van der Waals surface area contributed by atoms with Crippen molar-refractivity contribution in [2.24, 2.45) is 5.92 Å². The Bertz CT molecular complexity index is 487. The van der Waals surface area contributed by atoms with Gasteiger partial charge in [-0.25, -0.2) is 8.42 Å². The second-order valence-corrected chi connectivity index (χ2v) is 8.58. The molecule has 2 amide bonds. The zero-order valence-corrected chi connectivity index (χ0v) is 14.1. The second kappa shape index (κ2) is 7.24. The molecule has 21 heavy (non-hydrogen) atoms. The molecular formula is C14H26N2O4S. The van der Waals surface area contributed by atoms with Gasteiger partial charge in [0.15, 0.2) is 0 Å². The summed E-state index contributed by atoms with van der Waals surface area (Å²) in [6.07, 6.45) is 2.45. The molecule has 1 aliphatic heterocycles. The number of nitrogens with zero attached hydrogens (tertiary/aromatic N) is 1. The Morgan fingerprint density at radius 3 is 2.48 bits per heavy atom. The van der Waals surface area contributed by atoms with E-state index < -0.39 is 15.9 Å². The average Bonchev–Trinajstić information content (AvgIpc) is 2.38. The first-order valence-electron chi connectivity index (χ1n) is 7.37. The molecule has 0 saturated carbocycles. The molecule has 0 aromatic carbocycles. The van der Waals surface area contributed by atoms with E-state index in [1.165, 1.54) is 6.26 Å². The minimum absolute atomic E-state index is 0.0553. The standard InChI is InChI=1S/C14H26N2O4S/c1-10(2)8-12-14(18)16(6-5-7-21(4,19)20)11(3)9-13(17)15-12/h10-12H,5-9H2,1-4H3,(H,15,17).